The number of thiophene rings is 1. The molecule has 4 nitrogen and oxygen atoms in total. The fourth-order valence-corrected chi connectivity index (χ4v) is 3.58. The molecule has 0 saturated heterocycles. The van der Waals surface area contributed by atoms with Crippen LogP contribution in [0.25, 0.3) is 10.2 Å². The van der Waals surface area contributed by atoms with Crippen LogP contribution in [0.1, 0.15) is 29.1 Å². The van der Waals surface area contributed by atoms with Gasteiger partial charge < -0.3 is 4.74 Å². The standard InChI is InChI=1S/C13H15ClN2O2S2/c1-6(2)5-18-12(17)9-7(3)8-10(14)15-13(19-4)16-11(8)20-9/h6H,5H2,1-4H3. The van der Waals surface area contributed by atoms with Gasteiger partial charge in [0.1, 0.15) is 14.9 Å². The molecule has 0 aromatic carbocycles. The molecule has 7 heteroatoms. The Morgan fingerprint density at radius 1 is 1.45 bits per heavy atom. The number of carbonyl (C=O) groups excluding carboxylic acids is 1. The zero-order valence-corrected chi connectivity index (χ0v) is 14.1. The number of fused-ring (bicyclic) bond motifs is 1. The number of esters is 1. The van der Waals surface area contributed by atoms with Crippen LogP contribution < -0.4 is 0 Å². The van der Waals surface area contributed by atoms with E-state index in [2.05, 4.69) is 9.97 Å². The second kappa shape index (κ2) is 6.28. The van der Waals surface area contributed by atoms with Crippen molar-refractivity contribution in [2.75, 3.05) is 12.9 Å². The van der Waals surface area contributed by atoms with E-state index in [-0.39, 0.29) is 5.97 Å². The van der Waals surface area contributed by atoms with Gasteiger partial charge >= 0.3 is 5.97 Å². The summed E-state index contributed by atoms with van der Waals surface area (Å²) >= 11 is 8.91. The highest BCUT2D eigenvalue weighted by atomic mass is 35.5. The fraction of sp³-hybridized carbons (Fsp3) is 0.462. The SMILES string of the molecule is CSc1nc(Cl)c2c(C)c(C(=O)OCC(C)C)sc2n1. The minimum atomic E-state index is -0.319. The summed E-state index contributed by atoms with van der Waals surface area (Å²) in [7, 11) is 0. The van der Waals surface area contributed by atoms with Crippen molar-refractivity contribution in [1.29, 1.82) is 0 Å². The second-order valence-electron chi connectivity index (χ2n) is 4.73. The number of hydrogen-bond donors (Lipinski definition) is 0. The predicted octanol–water partition coefficient (Wildman–Crippen LogP) is 4.19. The van der Waals surface area contributed by atoms with Crippen LogP contribution in [-0.4, -0.2) is 28.8 Å². The molecule has 0 radical (unpaired) electrons. The number of ether oxygens (including phenoxy) is 1. The van der Waals surface area contributed by atoms with Crippen LogP contribution in [0.5, 0.6) is 0 Å². The highest BCUT2D eigenvalue weighted by molar-refractivity contribution is 7.98. The molecule has 0 fully saturated rings. The summed E-state index contributed by atoms with van der Waals surface area (Å²) in [6, 6.07) is 0. The van der Waals surface area contributed by atoms with Crippen LogP contribution in [0.3, 0.4) is 0 Å². The lowest BCUT2D eigenvalue weighted by atomic mass is 10.2. The van der Waals surface area contributed by atoms with Crippen molar-refractivity contribution >= 4 is 50.9 Å². The smallest absolute Gasteiger partial charge is 0.348 e. The summed E-state index contributed by atoms with van der Waals surface area (Å²) in [6.45, 7) is 6.25. The van der Waals surface area contributed by atoms with E-state index in [1.165, 1.54) is 23.1 Å². The van der Waals surface area contributed by atoms with Crippen molar-refractivity contribution < 1.29 is 9.53 Å². The van der Waals surface area contributed by atoms with Gasteiger partial charge in [0.2, 0.25) is 0 Å². The molecule has 0 aliphatic rings. The summed E-state index contributed by atoms with van der Waals surface area (Å²) in [4.78, 5) is 22.0. The Bertz CT molecular complexity index is 655. The van der Waals surface area contributed by atoms with E-state index in [0.29, 0.717) is 27.7 Å². The monoisotopic (exact) mass is 330 g/mol. The van der Waals surface area contributed by atoms with Crippen molar-refractivity contribution in [2.24, 2.45) is 5.92 Å². The third-order valence-corrected chi connectivity index (χ3v) is 4.63. The van der Waals surface area contributed by atoms with Gasteiger partial charge in [0.25, 0.3) is 0 Å². The molecule has 0 amide bonds. The molecule has 2 aromatic rings. The number of hydrogen-bond acceptors (Lipinski definition) is 6. The lowest BCUT2D eigenvalue weighted by Crippen LogP contribution is -2.09. The number of nitrogens with zero attached hydrogens (tertiary/aromatic N) is 2. The molecular formula is C13H15ClN2O2S2. The van der Waals surface area contributed by atoms with E-state index < -0.39 is 0 Å². The van der Waals surface area contributed by atoms with Crippen LogP contribution in [0, 0.1) is 12.8 Å². The first-order valence-electron chi connectivity index (χ1n) is 6.11. The number of rotatable bonds is 4. The molecule has 0 unspecified atom stereocenters. The molecule has 0 saturated carbocycles. The van der Waals surface area contributed by atoms with Gasteiger partial charge in [0.15, 0.2) is 5.16 Å². The van der Waals surface area contributed by atoms with Crippen LogP contribution in [-0.2, 0) is 4.74 Å². The van der Waals surface area contributed by atoms with Crippen molar-refractivity contribution in [3.63, 3.8) is 0 Å². The lowest BCUT2D eigenvalue weighted by Gasteiger charge is -2.06. The van der Waals surface area contributed by atoms with E-state index in [9.17, 15) is 4.79 Å². The van der Waals surface area contributed by atoms with Crippen LogP contribution in [0.4, 0.5) is 0 Å². The third kappa shape index (κ3) is 3.07. The zero-order valence-electron chi connectivity index (χ0n) is 11.7. The lowest BCUT2D eigenvalue weighted by molar-refractivity contribution is 0.0464. The Morgan fingerprint density at radius 2 is 2.15 bits per heavy atom. The molecule has 20 heavy (non-hydrogen) atoms. The first-order valence-corrected chi connectivity index (χ1v) is 8.53. The molecule has 0 spiro atoms. The average Bonchev–Trinajstić information content (AvgIpc) is 2.73. The van der Waals surface area contributed by atoms with Gasteiger partial charge in [0, 0.05) is 0 Å². The molecule has 2 heterocycles. The quantitative estimate of drug-likeness (QED) is 0.364. The molecule has 0 aliphatic heterocycles. The third-order valence-electron chi connectivity index (χ3n) is 2.64. The Kier molecular flexibility index (Phi) is 4.88. The fourth-order valence-electron chi connectivity index (χ4n) is 1.67. The van der Waals surface area contributed by atoms with E-state index in [1.807, 2.05) is 27.0 Å². The van der Waals surface area contributed by atoms with Gasteiger partial charge in [0.05, 0.1) is 12.0 Å². The second-order valence-corrected chi connectivity index (χ2v) is 6.86. The van der Waals surface area contributed by atoms with Crippen molar-refractivity contribution in [2.45, 2.75) is 25.9 Å². The van der Waals surface area contributed by atoms with Crippen LogP contribution in [0.15, 0.2) is 5.16 Å². The minimum absolute atomic E-state index is 0.306. The number of aromatic nitrogens is 2. The maximum atomic E-state index is 12.1. The summed E-state index contributed by atoms with van der Waals surface area (Å²) in [6.07, 6.45) is 1.88. The summed E-state index contributed by atoms with van der Waals surface area (Å²) in [5, 5.41) is 1.73. The van der Waals surface area contributed by atoms with Crippen LogP contribution >= 0.6 is 34.7 Å². The van der Waals surface area contributed by atoms with E-state index in [4.69, 9.17) is 16.3 Å². The number of carbonyl (C=O) groups is 1. The van der Waals surface area contributed by atoms with Crippen molar-refractivity contribution in [1.82, 2.24) is 9.97 Å². The van der Waals surface area contributed by atoms with Crippen LogP contribution in [0.2, 0.25) is 5.15 Å². The molecule has 0 aliphatic carbocycles. The van der Waals surface area contributed by atoms with Gasteiger partial charge in [-0.15, -0.1) is 11.3 Å². The zero-order chi connectivity index (χ0) is 14.9. The van der Waals surface area contributed by atoms with E-state index in [1.54, 1.807) is 0 Å². The van der Waals surface area contributed by atoms with Gasteiger partial charge in [-0.1, -0.05) is 37.2 Å². The Hall–Kier alpha value is -0.850. The number of thioether (sulfide) groups is 1. The Morgan fingerprint density at radius 3 is 2.75 bits per heavy atom. The van der Waals surface area contributed by atoms with Crippen molar-refractivity contribution in [3.8, 4) is 0 Å². The molecule has 0 bridgehead atoms. The molecule has 2 aromatic heterocycles. The highest BCUT2D eigenvalue weighted by Crippen LogP contribution is 2.35. The minimum Gasteiger partial charge on any atom is -0.461 e. The van der Waals surface area contributed by atoms with Gasteiger partial charge in [-0.2, -0.15) is 0 Å². The molecule has 0 atom stereocenters. The Balaban J connectivity index is 2.43. The summed E-state index contributed by atoms with van der Waals surface area (Å²) in [5.74, 6) is -0.0129. The predicted molar refractivity (Wildman–Crippen MR) is 84.1 cm³/mol. The normalized spacial score (nSPS) is 11.3. The van der Waals surface area contributed by atoms with E-state index >= 15 is 0 Å². The number of aryl methyl sites for hydroxylation is 1. The molecule has 2 rings (SSSR count). The summed E-state index contributed by atoms with van der Waals surface area (Å²) < 4.78 is 5.27. The van der Waals surface area contributed by atoms with Gasteiger partial charge in [-0.3, -0.25) is 0 Å². The van der Waals surface area contributed by atoms with Gasteiger partial charge in [-0.25, -0.2) is 14.8 Å². The molecular weight excluding hydrogens is 316 g/mol. The largest absolute Gasteiger partial charge is 0.461 e. The highest BCUT2D eigenvalue weighted by Gasteiger charge is 2.21. The first-order chi connectivity index (χ1) is 9.43. The molecule has 0 N–H and O–H groups in total. The van der Waals surface area contributed by atoms with Crippen molar-refractivity contribution in [3.05, 3.63) is 15.6 Å². The maximum Gasteiger partial charge on any atom is 0.348 e. The van der Waals surface area contributed by atoms with E-state index in [0.717, 1.165) is 15.8 Å². The first kappa shape index (κ1) is 15.5. The Labute approximate surface area is 130 Å². The molecule has 108 valence electrons. The average molecular weight is 331 g/mol. The maximum absolute atomic E-state index is 12.1. The van der Waals surface area contributed by atoms with Gasteiger partial charge in [-0.05, 0) is 24.7 Å². The topological polar surface area (TPSA) is 52.1 Å². The summed E-state index contributed by atoms with van der Waals surface area (Å²) in [5.41, 5.74) is 0.788. The number of halogens is 1.